The zero-order valence-corrected chi connectivity index (χ0v) is 22.0. The molecule has 0 bridgehead atoms. The Balaban J connectivity index is 1.28. The number of piperazine rings is 1. The fourth-order valence-electron chi connectivity index (χ4n) is 4.43. The first-order valence-corrected chi connectivity index (χ1v) is 13.4. The molecule has 1 saturated heterocycles. The normalized spacial score (nSPS) is 14.5. The van der Waals surface area contributed by atoms with Crippen LogP contribution >= 0.6 is 11.5 Å². The van der Waals surface area contributed by atoms with Crippen LogP contribution in [0.2, 0.25) is 0 Å². The second-order valence-corrected chi connectivity index (χ2v) is 10.6. The molecular weight excluding hydrogens is 454 g/mol. The molecule has 7 heteroatoms. The van der Waals surface area contributed by atoms with Crippen molar-refractivity contribution in [3.05, 3.63) is 77.1 Å². The standard InChI is InChI=1S/C28H37N5OS/c1-22(2)20-33(28-29-26(30-35-28)19-24-11-9-23(3)10-12-24)14-13-27(34)32-17-15-31(16-18-32)21-25-7-5-4-6-8-25/h4-12,22H,13-21H2,1-3H3. The van der Waals surface area contributed by atoms with E-state index in [-0.39, 0.29) is 5.91 Å². The van der Waals surface area contributed by atoms with Gasteiger partial charge in [0.15, 0.2) is 0 Å². The maximum atomic E-state index is 13.0. The van der Waals surface area contributed by atoms with Gasteiger partial charge in [-0.1, -0.05) is 74.0 Å². The number of hydrogen-bond donors (Lipinski definition) is 0. The van der Waals surface area contributed by atoms with Gasteiger partial charge in [-0.05, 0) is 24.0 Å². The smallest absolute Gasteiger partial charge is 0.224 e. The number of hydrogen-bond acceptors (Lipinski definition) is 6. The third-order valence-electron chi connectivity index (χ3n) is 6.37. The lowest BCUT2D eigenvalue weighted by Gasteiger charge is -2.35. The highest BCUT2D eigenvalue weighted by Gasteiger charge is 2.22. The van der Waals surface area contributed by atoms with Crippen molar-refractivity contribution in [3.8, 4) is 0 Å². The van der Waals surface area contributed by atoms with Crippen LogP contribution in [0.3, 0.4) is 0 Å². The van der Waals surface area contributed by atoms with E-state index in [0.717, 1.165) is 56.6 Å². The minimum absolute atomic E-state index is 0.238. The van der Waals surface area contributed by atoms with Gasteiger partial charge in [0.25, 0.3) is 0 Å². The summed E-state index contributed by atoms with van der Waals surface area (Å²) in [6.45, 7) is 12.5. The van der Waals surface area contributed by atoms with E-state index in [1.165, 1.54) is 28.2 Å². The number of aryl methyl sites for hydroxylation is 1. The Kier molecular flexibility index (Phi) is 8.88. The minimum Gasteiger partial charge on any atom is -0.346 e. The highest BCUT2D eigenvalue weighted by molar-refractivity contribution is 7.09. The molecule has 1 aliphatic rings. The molecule has 186 valence electrons. The fraction of sp³-hybridized carbons (Fsp3) is 0.464. The Morgan fingerprint density at radius 2 is 1.71 bits per heavy atom. The average Bonchev–Trinajstić information content (AvgIpc) is 3.32. The first-order chi connectivity index (χ1) is 17.0. The lowest BCUT2D eigenvalue weighted by molar-refractivity contribution is -0.132. The molecule has 0 saturated carbocycles. The van der Waals surface area contributed by atoms with Gasteiger partial charge in [0.05, 0.1) is 0 Å². The van der Waals surface area contributed by atoms with E-state index in [0.29, 0.717) is 18.9 Å². The summed E-state index contributed by atoms with van der Waals surface area (Å²) >= 11 is 1.44. The van der Waals surface area contributed by atoms with E-state index in [9.17, 15) is 4.79 Å². The quantitative estimate of drug-likeness (QED) is 0.414. The summed E-state index contributed by atoms with van der Waals surface area (Å²) in [6.07, 6.45) is 1.25. The summed E-state index contributed by atoms with van der Waals surface area (Å²) < 4.78 is 4.61. The molecule has 1 aliphatic heterocycles. The molecule has 1 aromatic heterocycles. The van der Waals surface area contributed by atoms with Crippen LogP contribution in [-0.4, -0.2) is 64.3 Å². The molecule has 4 rings (SSSR count). The van der Waals surface area contributed by atoms with Crippen molar-refractivity contribution in [1.29, 1.82) is 0 Å². The van der Waals surface area contributed by atoms with Gasteiger partial charge in [-0.25, -0.2) is 4.98 Å². The lowest BCUT2D eigenvalue weighted by Crippen LogP contribution is -2.48. The number of benzene rings is 2. The zero-order valence-electron chi connectivity index (χ0n) is 21.2. The first kappa shape index (κ1) is 25.3. The Hall–Kier alpha value is -2.77. The van der Waals surface area contributed by atoms with Gasteiger partial charge < -0.3 is 9.80 Å². The van der Waals surface area contributed by atoms with Crippen LogP contribution < -0.4 is 4.90 Å². The van der Waals surface area contributed by atoms with Crippen molar-refractivity contribution >= 4 is 22.6 Å². The summed E-state index contributed by atoms with van der Waals surface area (Å²) in [7, 11) is 0. The molecule has 0 N–H and O–H groups in total. The molecule has 2 heterocycles. The fourth-order valence-corrected chi connectivity index (χ4v) is 5.14. The van der Waals surface area contributed by atoms with Crippen LogP contribution in [0.4, 0.5) is 5.13 Å². The predicted octanol–water partition coefficient (Wildman–Crippen LogP) is 4.63. The third kappa shape index (κ3) is 7.61. The second kappa shape index (κ2) is 12.3. The number of nitrogens with zero attached hydrogens (tertiary/aromatic N) is 5. The van der Waals surface area contributed by atoms with Gasteiger partial charge in [-0.3, -0.25) is 9.69 Å². The average molecular weight is 492 g/mol. The van der Waals surface area contributed by atoms with Crippen LogP contribution in [-0.2, 0) is 17.8 Å². The Morgan fingerprint density at radius 1 is 1.00 bits per heavy atom. The van der Waals surface area contributed by atoms with Crippen LogP contribution in [0, 0.1) is 12.8 Å². The largest absolute Gasteiger partial charge is 0.346 e. The number of rotatable bonds is 10. The topological polar surface area (TPSA) is 52.6 Å². The summed E-state index contributed by atoms with van der Waals surface area (Å²) in [5.74, 6) is 1.57. The van der Waals surface area contributed by atoms with Crippen LogP contribution in [0.1, 0.15) is 42.8 Å². The van der Waals surface area contributed by atoms with Crippen molar-refractivity contribution in [2.24, 2.45) is 5.92 Å². The maximum absolute atomic E-state index is 13.0. The number of carbonyl (C=O) groups excluding carboxylic acids is 1. The number of aromatic nitrogens is 2. The second-order valence-electron chi connectivity index (χ2n) is 9.89. The van der Waals surface area contributed by atoms with E-state index in [1.807, 2.05) is 4.90 Å². The SMILES string of the molecule is Cc1ccc(Cc2nsc(N(CCC(=O)N3CCN(Cc4ccccc4)CC3)CC(C)C)n2)cc1. The number of carbonyl (C=O) groups is 1. The molecule has 1 fully saturated rings. The Morgan fingerprint density at radius 3 is 2.40 bits per heavy atom. The van der Waals surface area contributed by atoms with E-state index < -0.39 is 0 Å². The molecule has 3 aromatic rings. The third-order valence-corrected chi connectivity index (χ3v) is 7.18. The van der Waals surface area contributed by atoms with Gasteiger partial charge in [0.2, 0.25) is 11.0 Å². The van der Waals surface area contributed by atoms with E-state index >= 15 is 0 Å². The van der Waals surface area contributed by atoms with Crippen LogP contribution in [0.25, 0.3) is 0 Å². The van der Waals surface area contributed by atoms with Gasteiger partial charge in [-0.2, -0.15) is 4.37 Å². The zero-order chi connectivity index (χ0) is 24.6. The molecule has 0 aliphatic carbocycles. The van der Waals surface area contributed by atoms with Crippen molar-refractivity contribution in [2.45, 2.75) is 40.2 Å². The molecular formula is C28H37N5OS. The Labute approximate surface area is 213 Å². The van der Waals surface area contributed by atoms with E-state index in [1.54, 1.807) is 0 Å². The summed E-state index contributed by atoms with van der Waals surface area (Å²) in [6, 6.07) is 19.1. The summed E-state index contributed by atoms with van der Waals surface area (Å²) in [5, 5.41) is 0.918. The molecule has 2 aromatic carbocycles. The monoisotopic (exact) mass is 491 g/mol. The molecule has 1 amide bonds. The lowest BCUT2D eigenvalue weighted by atomic mass is 10.1. The van der Waals surface area contributed by atoms with E-state index in [4.69, 9.17) is 4.98 Å². The van der Waals surface area contributed by atoms with Crippen molar-refractivity contribution < 1.29 is 4.79 Å². The van der Waals surface area contributed by atoms with Gasteiger partial charge in [0, 0.05) is 70.2 Å². The first-order valence-electron chi connectivity index (χ1n) is 12.6. The number of anilines is 1. The van der Waals surface area contributed by atoms with Crippen LogP contribution in [0.5, 0.6) is 0 Å². The maximum Gasteiger partial charge on any atom is 0.224 e. The van der Waals surface area contributed by atoms with Crippen molar-refractivity contribution in [1.82, 2.24) is 19.2 Å². The molecule has 6 nitrogen and oxygen atoms in total. The van der Waals surface area contributed by atoms with Gasteiger partial charge in [0.1, 0.15) is 5.82 Å². The minimum atomic E-state index is 0.238. The summed E-state index contributed by atoms with van der Waals surface area (Å²) in [4.78, 5) is 24.5. The molecule has 0 spiro atoms. The number of amides is 1. The van der Waals surface area contributed by atoms with Gasteiger partial charge in [-0.15, -0.1) is 0 Å². The molecule has 0 unspecified atom stereocenters. The summed E-state index contributed by atoms with van der Waals surface area (Å²) in [5.41, 5.74) is 3.80. The predicted molar refractivity (Wildman–Crippen MR) is 144 cm³/mol. The van der Waals surface area contributed by atoms with E-state index in [2.05, 4.69) is 89.5 Å². The molecule has 0 radical (unpaired) electrons. The highest BCUT2D eigenvalue weighted by atomic mass is 32.1. The molecule has 35 heavy (non-hydrogen) atoms. The van der Waals surface area contributed by atoms with Crippen molar-refractivity contribution in [2.75, 3.05) is 44.2 Å². The molecule has 0 atom stereocenters. The van der Waals surface area contributed by atoms with Crippen LogP contribution in [0.15, 0.2) is 54.6 Å². The van der Waals surface area contributed by atoms with Gasteiger partial charge >= 0.3 is 0 Å². The van der Waals surface area contributed by atoms with Crippen molar-refractivity contribution in [3.63, 3.8) is 0 Å². The Bertz CT molecular complexity index is 1060. The highest BCUT2D eigenvalue weighted by Crippen LogP contribution is 2.21.